The summed E-state index contributed by atoms with van der Waals surface area (Å²) >= 11 is 0. The van der Waals surface area contributed by atoms with Crippen LogP contribution in [-0.2, 0) is 13.0 Å². The Bertz CT molecular complexity index is 632. The number of aryl methyl sites for hydroxylation is 1. The topological polar surface area (TPSA) is 55.1 Å². The van der Waals surface area contributed by atoms with Gasteiger partial charge in [-0.2, -0.15) is 13.2 Å². The summed E-state index contributed by atoms with van der Waals surface area (Å²) in [6.45, 7) is 0.530. The molecule has 0 atom stereocenters. The van der Waals surface area contributed by atoms with Crippen molar-refractivity contribution in [2.75, 3.05) is 0 Å². The molecule has 0 spiro atoms. The maximum atomic E-state index is 12.6. The van der Waals surface area contributed by atoms with Crippen molar-refractivity contribution in [3.05, 3.63) is 29.6 Å². The van der Waals surface area contributed by atoms with Gasteiger partial charge in [0.1, 0.15) is 12.4 Å². The van der Waals surface area contributed by atoms with E-state index in [1.165, 1.54) is 18.2 Å². The van der Waals surface area contributed by atoms with Gasteiger partial charge in [-0.3, -0.25) is 0 Å². The van der Waals surface area contributed by atoms with Crippen LogP contribution in [-0.4, -0.2) is 26.8 Å². The van der Waals surface area contributed by atoms with E-state index in [0.29, 0.717) is 11.9 Å². The van der Waals surface area contributed by atoms with Gasteiger partial charge in [-0.15, -0.1) is 0 Å². The molecule has 0 unspecified atom stereocenters. The predicted molar refractivity (Wildman–Crippen MR) is 62.1 cm³/mol. The lowest BCUT2D eigenvalue weighted by molar-refractivity contribution is -0.140. The molecule has 0 radical (unpaired) electrons. The van der Waals surface area contributed by atoms with Crippen LogP contribution in [0.1, 0.15) is 23.1 Å². The molecule has 1 aromatic carbocycles. The van der Waals surface area contributed by atoms with Gasteiger partial charge in [-0.05, 0) is 18.2 Å². The number of halogens is 3. The molecule has 0 aliphatic rings. The Kier molecular flexibility index (Phi) is 3.21. The molecule has 102 valence electrons. The molecule has 0 amide bonds. The van der Waals surface area contributed by atoms with Gasteiger partial charge in [0.05, 0.1) is 16.6 Å². The number of aromatic nitrogens is 2. The molecule has 7 heteroatoms. The second kappa shape index (κ2) is 4.56. The van der Waals surface area contributed by atoms with Gasteiger partial charge < -0.3 is 9.67 Å². The molecule has 2 rings (SSSR count). The van der Waals surface area contributed by atoms with E-state index in [9.17, 15) is 18.0 Å². The third-order valence-corrected chi connectivity index (χ3v) is 2.73. The highest BCUT2D eigenvalue weighted by atomic mass is 19.4. The quantitative estimate of drug-likeness (QED) is 0.934. The third kappa shape index (κ3) is 2.69. The van der Waals surface area contributed by atoms with Crippen LogP contribution in [0, 0.1) is 0 Å². The fourth-order valence-corrected chi connectivity index (χ4v) is 1.93. The van der Waals surface area contributed by atoms with Crippen LogP contribution >= 0.6 is 0 Å². The van der Waals surface area contributed by atoms with E-state index in [1.54, 1.807) is 6.92 Å². The first-order valence-corrected chi connectivity index (χ1v) is 5.61. The molecule has 0 saturated carbocycles. The number of fused-ring (bicyclic) bond motifs is 1. The number of carboxylic acid groups (broad SMARTS) is 1. The van der Waals surface area contributed by atoms with E-state index in [1.807, 2.05) is 0 Å². The summed E-state index contributed by atoms with van der Waals surface area (Å²) in [5.41, 5.74) is 0.499. The van der Waals surface area contributed by atoms with Crippen LogP contribution in [0.5, 0.6) is 0 Å². The largest absolute Gasteiger partial charge is 0.478 e. The zero-order valence-corrected chi connectivity index (χ0v) is 10.0. The molecule has 1 heterocycles. The van der Waals surface area contributed by atoms with E-state index in [4.69, 9.17) is 5.11 Å². The minimum atomic E-state index is -4.38. The van der Waals surface area contributed by atoms with Gasteiger partial charge in [-0.25, -0.2) is 9.78 Å². The summed E-state index contributed by atoms with van der Waals surface area (Å²) in [5.74, 6) is -0.894. The highest BCUT2D eigenvalue weighted by Crippen LogP contribution is 2.24. The molecule has 0 saturated heterocycles. The fourth-order valence-electron chi connectivity index (χ4n) is 1.93. The van der Waals surface area contributed by atoms with Gasteiger partial charge in [0.15, 0.2) is 0 Å². The number of carboxylic acids is 1. The minimum Gasteiger partial charge on any atom is -0.478 e. The van der Waals surface area contributed by atoms with Crippen molar-refractivity contribution in [2.45, 2.75) is 26.1 Å². The lowest BCUT2D eigenvalue weighted by Crippen LogP contribution is -2.19. The highest BCUT2D eigenvalue weighted by molar-refractivity contribution is 5.92. The number of hydrogen-bond acceptors (Lipinski definition) is 2. The van der Waals surface area contributed by atoms with Crippen LogP contribution in [0.4, 0.5) is 13.2 Å². The molecule has 0 fully saturated rings. The zero-order valence-electron chi connectivity index (χ0n) is 10.0. The highest BCUT2D eigenvalue weighted by Gasteiger charge is 2.30. The first-order valence-electron chi connectivity index (χ1n) is 5.61. The summed E-state index contributed by atoms with van der Waals surface area (Å²) in [5, 5.41) is 8.88. The Labute approximate surface area is 106 Å². The van der Waals surface area contributed by atoms with Gasteiger partial charge >= 0.3 is 12.1 Å². The monoisotopic (exact) mass is 272 g/mol. The Hall–Kier alpha value is -2.05. The number of aromatic carboxylic acids is 1. The Morgan fingerprint density at radius 2 is 2.11 bits per heavy atom. The van der Waals surface area contributed by atoms with Gasteiger partial charge in [0.2, 0.25) is 0 Å². The number of rotatable bonds is 3. The van der Waals surface area contributed by atoms with Gasteiger partial charge in [0.25, 0.3) is 0 Å². The normalized spacial score (nSPS) is 12.0. The van der Waals surface area contributed by atoms with Gasteiger partial charge in [0, 0.05) is 6.42 Å². The Morgan fingerprint density at radius 1 is 1.42 bits per heavy atom. The average molecular weight is 272 g/mol. The van der Waals surface area contributed by atoms with Crippen LogP contribution < -0.4 is 0 Å². The fraction of sp³-hybridized carbons (Fsp3) is 0.333. The average Bonchev–Trinajstić information content (AvgIpc) is 2.64. The van der Waals surface area contributed by atoms with Crippen molar-refractivity contribution in [3.63, 3.8) is 0 Å². The van der Waals surface area contributed by atoms with Crippen LogP contribution in [0.25, 0.3) is 11.0 Å². The van der Waals surface area contributed by atoms with Crippen molar-refractivity contribution in [1.29, 1.82) is 0 Å². The van der Waals surface area contributed by atoms with Crippen LogP contribution in [0.15, 0.2) is 18.2 Å². The number of alkyl halides is 3. The number of carbonyl (C=O) groups is 1. The second-order valence-corrected chi connectivity index (χ2v) is 4.09. The molecule has 1 aromatic heterocycles. The van der Waals surface area contributed by atoms with E-state index < -0.39 is 18.7 Å². The van der Waals surface area contributed by atoms with E-state index >= 15 is 0 Å². The van der Waals surface area contributed by atoms with E-state index in [0.717, 1.165) is 4.57 Å². The molecule has 2 aromatic rings. The summed E-state index contributed by atoms with van der Waals surface area (Å²) in [7, 11) is 0. The maximum Gasteiger partial charge on any atom is 0.406 e. The number of hydrogen-bond donors (Lipinski definition) is 1. The molecule has 0 bridgehead atoms. The van der Waals surface area contributed by atoms with Crippen molar-refractivity contribution < 1.29 is 23.1 Å². The van der Waals surface area contributed by atoms with Crippen LogP contribution in [0.3, 0.4) is 0 Å². The summed E-state index contributed by atoms with van der Waals surface area (Å²) < 4.78 is 38.7. The second-order valence-electron chi connectivity index (χ2n) is 4.09. The zero-order chi connectivity index (χ0) is 14.2. The molecule has 1 N–H and O–H groups in total. The first kappa shape index (κ1) is 13.4. The third-order valence-electron chi connectivity index (χ3n) is 2.73. The van der Waals surface area contributed by atoms with Gasteiger partial charge in [-0.1, -0.05) is 6.92 Å². The van der Waals surface area contributed by atoms with Crippen LogP contribution in [0.2, 0.25) is 0 Å². The molecule has 0 aliphatic carbocycles. The molecule has 0 aliphatic heterocycles. The standard InChI is InChI=1S/C12H11F3N2O2/c1-2-10-16-8-4-3-7(11(18)19)5-9(8)17(10)6-12(13,14)15/h3-5H,2,6H2,1H3,(H,18,19). The molecule has 19 heavy (non-hydrogen) atoms. The first-order chi connectivity index (χ1) is 8.81. The van der Waals surface area contributed by atoms with Crippen molar-refractivity contribution >= 4 is 17.0 Å². The molecular formula is C12H11F3N2O2. The Balaban J connectivity index is 2.63. The maximum absolute atomic E-state index is 12.6. The summed E-state index contributed by atoms with van der Waals surface area (Å²) in [6, 6.07) is 3.97. The summed E-state index contributed by atoms with van der Waals surface area (Å²) in [4.78, 5) is 15.0. The Morgan fingerprint density at radius 3 is 2.63 bits per heavy atom. The van der Waals surface area contributed by atoms with Crippen molar-refractivity contribution in [2.24, 2.45) is 0 Å². The van der Waals surface area contributed by atoms with Crippen molar-refractivity contribution in [1.82, 2.24) is 9.55 Å². The lowest BCUT2D eigenvalue weighted by atomic mass is 10.2. The number of imidazole rings is 1. The SMILES string of the molecule is CCc1nc2ccc(C(=O)O)cc2n1CC(F)(F)F. The number of nitrogens with zero attached hydrogens (tertiary/aromatic N) is 2. The van der Waals surface area contributed by atoms with E-state index in [-0.39, 0.29) is 16.9 Å². The molecular weight excluding hydrogens is 261 g/mol. The predicted octanol–water partition coefficient (Wildman–Crippen LogP) is 2.86. The van der Waals surface area contributed by atoms with E-state index in [2.05, 4.69) is 4.98 Å². The number of benzene rings is 1. The minimum absolute atomic E-state index is 0.0570. The molecule has 4 nitrogen and oxygen atoms in total. The smallest absolute Gasteiger partial charge is 0.406 e. The lowest BCUT2D eigenvalue weighted by Gasteiger charge is -2.11. The van der Waals surface area contributed by atoms with Crippen molar-refractivity contribution in [3.8, 4) is 0 Å². The summed E-state index contributed by atoms with van der Waals surface area (Å²) in [6.07, 6.45) is -4.04.